The summed E-state index contributed by atoms with van der Waals surface area (Å²) in [5, 5.41) is 1.91. The summed E-state index contributed by atoms with van der Waals surface area (Å²) >= 11 is 6.49. The molecule has 0 radical (unpaired) electrons. The van der Waals surface area contributed by atoms with E-state index in [0.717, 1.165) is 22.9 Å². The Hall–Kier alpha value is -1.19. The number of halogens is 2. The second kappa shape index (κ2) is 12.4. The number of benzene rings is 2. The third-order valence-electron chi connectivity index (χ3n) is 2.76. The Morgan fingerprint density at radius 2 is 1.23 bits per heavy atom. The molecule has 0 heterocycles. The second-order valence-electron chi connectivity index (χ2n) is 4.34. The van der Waals surface area contributed by atoms with E-state index in [0.29, 0.717) is 0 Å². The van der Waals surface area contributed by atoms with Crippen molar-refractivity contribution in [1.29, 1.82) is 0 Å². The van der Waals surface area contributed by atoms with E-state index in [2.05, 4.69) is 80.2 Å². The van der Waals surface area contributed by atoms with E-state index in [-0.39, 0.29) is 0 Å². The maximum atomic E-state index is 4.58. The van der Waals surface area contributed by atoms with Crippen molar-refractivity contribution in [2.24, 2.45) is 4.99 Å². The molecule has 0 aromatic heterocycles. The number of nitrogens with zero attached hydrogens (tertiary/aromatic N) is 1. The van der Waals surface area contributed by atoms with Crippen LogP contribution in [0.1, 0.15) is 18.1 Å². The second-order valence-corrected chi connectivity index (χ2v) is 5.63. The minimum absolute atomic E-state index is 0.805. The predicted octanol–water partition coefficient (Wildman–Crippen LogP) is 5.88. The molecule has 0 aliphatic rings. The number of hydrogen-bond donors (Lipinski definition) is 0. The van der Waals surface area contributed by atoms with Crippen molar-refractivity contribution in [3.05, 3.63) is 83.9 Å². The molecular formula is C19H21Br2N. The Kier molecular flexibility index (Phi) is 10.6. The Labute approximate surface area is 150 Å². The van der Waals surface area contributed by atoms with Crippen LogP contribution < -0.4 is 0 Å². The molecule has 0 amide bonds. The molecule has 0 saturated heterocycles. The average Bonchev–Trinajstić information content (AvgIpc) is 2.60. The Morgan fingerprint density at radius 1 is 0.818 bits per heavy atom. The van der Waals surface area contributed by atoms with E-state index < -0.39 is 0 Å². The number of hydrogen-bond acceptors (Lipinski definition) is 1. The minimum Gasteiger partial charge on any atom is -0.284 e. The maximum Gasteiger partial charge on any atom is 0.0718 e. The standard InChI is InChI=1S/C15H15N.C4H6Br2/c1-2-16-15(13-9-5-3-6-10-13)14-11-7-4-8-12-14;5-3-1-2-4-6/h3-12H,2H2,1H3;1-2H,3-4H2/b;2-1+. The lowest BCUT2D eigenvalue weighted by Crippen LogP contribution is -2.03. The van der Waals surface area contributed by atoms with Crippen LogP contribution in [0.15, 0.2) is 77.8 Å². The zero-order valence-corrected chi connectivity index (χ0v) is 15.9. The first-order valence-corrected chi connectivity index (χ1v) is 9.50. The first kappa shape index (κ1) is 18.9. The van der Waals surface area contributed by atoms with E-state index in [9.17, 15) is 0 Å². The molecule has 0 aliphatic heterocycles. The molecule has 2 rings (SSSR count). The quantitative estimate of drug-likeness (QED) is 0.324. The molecular weight excluding hydrogens is 402 g/mol. The number of aliphatic imine (C=N–C) groups is 1. The van der Waals surface area contributed by atoms with Crippen molar-refractivity contribution >= 4 is 37.6 Å². The molecule has 22 heavy (non-hydrogen) atoms. The number of allylic oxidation sites excluding steroid dienone is 2. The first-order valence-electron chi connectivity index (χ1n) is 7.25. The Bertz CT molecular complexity index is 515. The fourth-order valence-electron chi connectivity index (χ4n) is 1.83. The van der Waals surface area contributed by atoms with E-state index >= 15 is 0 Å². The van der Waals surface area contributed by atoms with Gasteiger partial charge in [-0.05, 0) is 6.92 Å². The van der Waals surface area contributed by atoms with Gasteiger partial charge in [0.05, 0.1) is 5.71 Å². The van der Waals surface area contributed by atoms with E-state index in [4.69, 9.17) is 0 Å². The predicted molar refractivity (Wildman–Crippen MR) is 106 cm³/mol. The van der Waals surface area contributed by atoms with Crippen LogP contribution in [-0.4, -0.2) is 22.9 Å². The highest BCUT2D eigenvalue weighted by Crippen LogP contribution is 2.10. The Balaban J connectivity index is 0.000000346. The van der Waals surface area contributed by atoms with Crippen LogP contribution >= 0.6 is 31.9 Å². The van der Waals surface area contributed by atoms with Crippen LogP contribution in [0.3, 0.4) is 0 Å². The van der Waals surface area contributed by atoms with Crippen molar-refractivity contribution in [3.8, 4) is 0 Å². The number of rotatable bonds is 5. The zero-order valence-electron chi connectivity index (χ0n) is 12.8. The summed E-state index contributed by atoms with van der Waals surface area (Å²) in [7, 11) is 0. The highest BCUT2D eigenvalue weighted by molar-refractivity contribution is 9.09. The van der Waals surface area contributed by atoms with Gasteiger partial charge in [-0.1, -0.05) is 105 Å². The van der Waals surface area contributed by atoms with Crippen LogP contribution in [0.2, 0.25) is 0 Å². The largest absolute Gasteiger partial charge is 0.284 e. The van der Waals surface area contributed by atoms with Crippen LogP contribution in [-0.2, 0) is 0 Å². The van der Waals surface area contributed by atoms with Crippen molar-refractivity contribution in [3.63, 3.8) is 0 Å². The van der Waals surface area contributed by atoms with Gasteiger partial charge in [-0.3, -0.25) is 4.99 Å². The number of alkyl halides is 2. The molecule has 2 aromatic rings. The summed E-state index contributed by atoms with van der Waals surface area (Å²) in [4.78, 5) is 4.58. The van der Waals surface area contributed by atoms with E-state index in [1.807, 2.05) is 36.4 Å². The minimum atomic E-state index is 0.805. The van der Waals surface area contributed by atoms with Gasteiger partial charge in [-0.25, -0.2) is 0 Å². The highest BCUT2D eigenvalue weighted by Gasteiger charge is 2.04. The van der Waals surface area contributed by atoms with Crippen LogP contribution in [0.25, 0.3) is 0 Å². The van der Waals surface area contributed by atoms with Crippen LogP contribution in [0, 0.1) is 0 Å². The van der Waals surface area contributed by atoms with Crippen molar-refractivity contribution in [2.75, 3.05) is 17.2 Å². The Morgan fingerprint density at radius 3 is 1.55 bits per heavy atom. The van der Waals surface area contributed by atoms with Gasteiger partial charge in [0.15, 0.2) is 0 Å². The van der Waals surface area contributed by atoms with Crippen molar-refractivity contribution in [2.45, 2.75) is 6.92 Å². The van der Waals surface area contributed by atoms with E-state index in [1.54, 1.807) is 0 Å². The molecule has 0 fully saturated rings. The molecule has 0 bridgehead atoms. The summed E-state index contributed by atoms with van der Waals surface area (Å²) < 4.78 is 0. The van der Waals surface area contributed by atoms with Gasteiger partial charge in [0.25, 0.3) is 0 Å². The molecule has 0 N–H and O–H groups in total. The van der Waals surface area contributed by atoms with Gasteiger partial charge in [-0.2, -0.15) is 0 Å². The van der Waals surface area contributed by atoms with E-state index in [1.165, 1.54) is 11.1 Å². The maximum absolute atomic E-state index is 4.58. The van der Waals surface area contributed by atoms with Gasteiger partial charge in [0, 0.05) is 28.3 Å². The van der Waals surface area contributed by atoms with Crippen molar-refractivity contribution < 1.29 is 0 Å². The SMILES string of the molecule is BrC/C=C/CBr.CCN=C(c1ccccc1)c1ccccc1. The van der Waals surface area contributed by atoms with Crippen molar-refractivity contribution in [1.82, 2.24) is 0 Å². The summed E-state index contributed by atoms with van der Waals surface area (Å²) in [6.07, 6.45) is 4.10. The molecule has 1 nitrogen and oxygen atoms in total. The molecule has 116 valence electrons. The van der Waals surface area contributed by atoms with Gasteiger partial charge < -0.3 is 0 Å². The highest BCUT2D eigenvalue weighted by atomic mass is 79.9. The lowest BCUT2D eigenvalue weighted by Gasteiger charge is -2.06. The molecule has 0 saturated carbocycles. The first-order chi connectivity index (χ1) is 10.8. The lowest BCUT2D eigenvalue weighted by molar-refractivity contribution is 1.13. The molecule has 0 spiro atoms. The molecule has 0 atom stereocenters. The van der Waals surface area contributed by atoms with Crippen LogP contribution in [0.4, 0.5) is 0 Å². The molecule has 0 aliphatic carbocycles. The molecule has 3 heteroatoms. The molecule has 0 unspecified atom stereocenters. The smallest absolute Gasteiger partial charge is 0.0718 e. The third kappa shape index (κ3) is 7.19. The summed E-state index contributed by atoms with van der Waals surface area (Å²) in [6.45, 7) is 2.87. The fraction of sp³-hybridized carbons (Fsp3) is 0.211. The van der Waals surface area contributed by atoms with Gasteiger partial charge in [0.2, 0.25) is 0 Å². The summed E-state index contributed by atoms with van der Waals surface area (Å²) in [6, 6.07) is 20.6. The summed E-state index contributed by atoms with van der Waals surface area (Å²) in [5.74, 6) is 0. The van der Waals surface area contributed by atoms with Gasteiger partial charge in [0.1, 0.15) is 0 Å². The molecule has 2 aromatic carbocycles. The van der Waals surface area contributed by atoms with Gasteiger partial charge >= 0.3 is 0 Å². The van der Waals surface area contributed by atoms with Gasteiger partial charge in [-0.15, -0.1) is 0 Å². The monoisotopic (exact) mass is 421 g/mol. The fourth-order valence-corrected chi connectivity index (χ4v) is 2.35. The summed E-state index contributed by atoms with van der Waals surface area (Å²) in [5.41, 5.74) is 3.43. The normalized spacial score (nSPS) is 9.95. The van der Waals surface area contributed by atoms with Crippen LogP contribution in [0.5, 0.6) is 0 Å². The topological polar surface area (TPSA) is 12.4 Å². The average molecular weight is 423 g/mol. The third-order valence-corrected chi connectivity index (χ3v) is 3.50. The zero-order chi connectivity index (χ0) is 16.0. The lowest BCUT2D eigenvalue weighted by atomic mass is 10.0.